The molecule has 2 N–H and O–H groups in total. The number of anilines is 1. The van der Waals surface area contributed by atoms with Crippen molar-refractivity contribution in [2.75, 3.05) is 25.5 Å². The molecule has 1 unspecified atom stereocenters. The quantitative estimate of drug-likeness (QED) is 0.561. The summed E-state index contributed by atoms with van der Waals surface area (Å²) in [5, 5.41) is 10.3. The number of piperidine rings is 1. The number of fused-ring (bicyclic) bond motifs is 1. The number of nitrogens with zero attached hydrogens (tertiary/aromatic N) is 3. The second kappa shape index (κ2) is 9.15. The van der Waals surface area contributed by atoms with Crippen molar-refractivity contribution in [2.24, 2.45) is 11.3 Å². The Hall–Kier alpha value is -3.98. The summed E-state index contributed by atoms with van der Waals surface area (Å²) in [6.45, 7) is 2.06. The number of amides is 3. The lowest BCUT2D eigenvalue weighted by Gasteiger charge is -2.32. The van der Waals surface area contributed by atoms with Gasteiger partial charge in [0.2, 0.25) is 5.91 Å². The fraction of sp³-hybridized carbons (Fsp3) is 0.357. The van der Waals surface area contributed by atoms with E-state index in [1.807, 2.05) is 39.9 Å². The Balaban J connectivity index is 1.09. The zero-order valence-corrected chi connectivity index (χ0v) is 20.7. The van der Waals surface area contributed by atoms with Crippen molar-refractivity contribution in [3.8, 4) is 5.69 Å². The Labute approximate surface area is 214 Å². The summed E-state index contributed by atoms with van der Waals surface area (Å²) >= 11 is 0. The average molecular weight is 500 g/mol. The first-order valence-corrected chi connectivity index (χ1v) is 12.7. The summed E-state index contributed by atoms with van der Waals surface area (Å²) in [7, 11) is 1.59. The summed E-state index contributed by atoms with van der Waals surface area (Å²) in [6, 6.07) is 16.7. The van der Waals surface area contributed by atoms with Crippen LogP contribution in [0.3, 0.4) is 0 Å². The number of carbonyl (C=O) groups excluding carboxylic acids is 3. The van der Waals surface area contributed by atoms with Crippen LogP contribution in [0.5, 0.6) is 0 Å². The van der Waals surface area contributed by atoms with E-state index in [0.717, 1.165) is 36.2 Å². The second-order valence-corrected chi connectivity index (χ2v) is 10.1. The summed E-state index contributed by atoms with van der Waals surface area (Å²) < 4.78 is 7.48. The van der Waals surface area contributed by atoms with Crippen LogP contribution in [-0.4, -0.2) is 52.5 Å². The van der Waals surface area contributed by atoms with Gasteiger partial charge in [-0.3, -0.25) is 14.4 Å². The minimum absolute atomic E-state index is 0.00374. The molecule has 9 heteroatoms. The molecule has 0 radical (unpaired) electrons. The first-order valence-electron chi connectivity index (χ1n) is 12.7. The van der Waals surface area contributed by atoms with Crippen molar-refractivity contribution in [1.29, 1.82) is 0 Å². The monoisotopic (exact) mass is 499 g/mol. The van der Waals surface area contributed by atoms with Gasteiger partial charge in [-0.25, -0.2) is 4.68 Å². The third-order valence-corrected chi connectivity index (χ3v) is 7.97. The predicted molar refractivity (Wildman–Crippen MR) is 136 cm³/mol. The third-order valence-electron chi connectivity index (χ3n) is 7.97. The second-order valence-electron chi connectivity index (χ2n) is 10.1. The van der Waals surface area contributed by atoms with Crippen LogP contribution in [0, 0.1) is 11.3 Å². The highest BCUT2D eigenvalue weighted by Crippen LogP contribution is 2.59. The van der Waals surface area contributed by atoms with E-state index in [2.05, 4.69) is 10.6 Å². The molecule has 1 saturated carbocycles. The highest BCUT2D eigenvalue weighted by Gasteiger charge is 2.58. The van der Waals surface area contributed by atoms with Crippen LogP contribution in [0.2, 0.25) is 0 Å². The van der Waals surface area contributed by atoms with Gasteiger partial charge in [0, 0.05) is 42.9 Å². The molecule has 1 atom stereocenters. The highest BCUT2D eigenvalue weighted by atomic mass is 16.5. The van der Waals surface area contributed by atoms with Gasteiger partial charge in [-0.2, -0.15) is 5.10 Å². The molecule has 0 bridgehead atoms. The van der Waals surface area contributed by atoms with Gasteiger partial charge in [-0.05, 0) is 61.1 Å². The number of ether oxygens (including phenoxy) is 1. The fourth-order valence-electron chi connectivity index (χ4n) is 5.64. The van der Waals surface area contributed by atoms with Gasteiger partial charge < -0.3 is 20.3 Å². The first kappa shape index (κ1) is 23.4. The van der Waals surface area contributed by atoms with E-state index in [-0.39, 0.29) is 29.1 Å². The number of carbonyl (C=O) groups is 3. The molecule has 1 spiro atoms. The summed E-state index contributed by atoms with van der Waals surface area (Å²) in [4.78, 5) is 40.0. The molecule has 3 amide bonds. The normalized spacial score (nSPS) is 19.4. The SMILES string of the molecule is CNC(=O)c1ccc(NC(=O)C2CC23CCN(C(=O)c2nn(-c4ccccc4)c4c2COC4)CC3)cc1. The molecule has 37 heavy (non-hydrogen) atoms. The largest absolute Gasteiger partial charge is 0.370 e. The molecule has 2 aliphatic heterocycles. The van der Waals surface area contributed by atoms with E-state index in [1.54, 1.807) is 31.3 Å². The number of rotatable bonds is 5. The maximum atomic E-state index is 13.5. The highest BCUT2D eigenvalue weighted by molar-refractivity contribution is 5.97. The lowest BCUT2D eigenvalue weighted by molar-refractivity contribution is -0.118. The van der Waals surface area contributed by atoms with Crippen LogP contribution in [-0.2, 0) is 22.7 Å². The van der Waals surface area contributed by atoms with Crippen molar-refractivity contribution >= 4 is 23.4 Å². The Bertz CT molecular complexity index is 1360. The van der Waals surface area contributed by atoms with Crippen LogP contribution < -0.4 is 10.6 Å². The van der Waals surface area contributed by atoms with Crippen molar-refractivity contribution in [3.63, 3.8) is 0 Å². The molecular formula is C28H29N5O4. The molecule has 1 aromatic heterocycles. The van der Waals surface area contributed by atoms with E-state index in [4.69, 9.17) is 9.84 Å². The topological polar surface area (TPSA) is 106 Å². The summed E-state index contributed by atoms with van der Waals surface area (Å²) in [5.41, 5.74) is 4.37. The molecule has 1 saturated heterocycles. The summed E-state index contributed by atoms with van der Waals surface area (Å²) in [6.07, 6.45) is 2.43. The van der Waals surface area contributed by atoms with Crippen molar-refractivity contribution < 1.29 is 19.1 Å². The maximum absolute atomic E-state index is 13.5. The average Bonchev–Trinajstić information content (AvgIpc) is 3.24. The number of para-hydroxylation sites is 1. The molecule has 9 nitrogen and oxygen atoms in total. The van der Waals surface area contributed by atoms with Crippen molar-refractivity contribution in [2.45, 2.75) is 32.5 Å². The number of hydrogen-bond acceptors (Lipinski definition) is 5. The lowest BCUT2D eigenvalue weighted by atomic mass is 9.90. The standard InChI is InChI=1S/C28H29N5O4/c1-29-25(34)18-7-9-19(10-8-18)30-26(35)22-15-28(22)11-13-32(14-12-28)27(36)24-21-16-37-17-23(21)33(31-24)20-5-3-2-4-6-20/h2-10,22H,11-17H2,1H3,(H,29,34)(H,30,35). The zero-order chi connectivity index (χ0) is 25.6. The van der Waals surface area contributed by atoms with E-state index < -0.39 is 0 Å². The van der Waals surface area contributed by atoms with Gasteiger partial charge >= 0.3 is 0 Å². The number of likely N-dealkylation sites (tertiary alicyclic amines) is 1. The third kappa shape index (κ3) is 4.19. The van der Waals surface area contributed by atoms with Gasteiger partial charge in [0.15, 0.2) is 5.69 Å². The van der Waals surface area contributed by atoms with Crippen LogP contribution in [0.15, 0.2) is 54.6 Å². The van der Waals surface area contributed by atoms with Crippen LogP contribution >= 0.6 is 0 Å². The van der Waals surface area contributed by atoms with Gasteiger partial charge in [0.25, 0.3) is 11.8 Å². The predicted octanol–water partition coefficient (Wildman–Crippen LogP) is 3.14. The minimum Gasteiger partial charge on any atom is -0.370 e. The molecular weight excluding hydrogens is 470 g/mol. The summed E-state index contributed by atoms with van der Waals surface area (Å²) in [5.74, 6) is -0.281. The Morgan fingerprint density at radius 2 is 1.73 bits per heavy atom. The van der Waals surface area contributed by atoms with Gasteiger partial charge in [0.05, 0.1) is 24.6 Å². The fourth-order valence-corrected chi connectivity index (χ4v) is 5.64. The van der Waals surface area contributed by atoms with E-state index in [1.165, 1.54) is 0 Å². The van der Waals surface area contributed by atoms with Gasteiger partial charge in [-0.1, -0.05) is 18.2 Å². The lowest BCUT2D eigenvalue weighted by Crippen LogP contribution is -2.40. The van der Waals surface area contributed by atoms with E-state index in [9.17, 15) is 14.4 Å². The molecule has 3 aliphatic rings. The van der Waals surface area contributed by atoms with Crippen LogP contribution in [0.25, 0.3) is 5.69 Å². The Kier molecular flexibility index (Phi) is 5.79. The number of hydrogen-bond donors (Lipinski definition) is 2. The number of nitrogens with one attached hydrogen (secondary N) is 2. The first-order chi connectivity index (χ1) is 18.0. The maximum Gasteiger partial charge on any atom is 0.274 e. The molecule has 190 valence electrons. The molecule has 6 rings (SSSR count). The Morgan fingerprint density at radius 3 is 2.43 bits per heavy atom. The van der Waals surface area contributed by atoms with E-state index >= 15 is 0 Å². The van der Waals surface area contributed by atoms with Crippen LogP contribution in [0.4, 0.5) is 5.69 Å². The zero-order valence-electron chi connectivity index (χ0n) is 20.7. The molecule has 2 fully saturated rings. The Morgan fingerprint density at radius 1 is 1.00 bits per heavy atom. The van der Waals surface area contributed by atoms with Gasteiger partial charge in [0.1, 0.15) is 0 Å². The van der Waals surface area contributed by atoms with E-state index in [0.29, 0.717) is 43.2 Å². The van der Waals surface area contributed by atoms with Gasteiger partial charge in [-0.15, -0.1) is 0 Å². The smallest absolute Gasteiger partial charge is 0.274 e. The van der Waals surface area contributed by atoms with Crippen molar-refractivity contribution in [1.82, 2.24) is 20.0 Å². The molecule has 1 aliphatic carbocycles. The van der Waals surface area contributed by atoms with Crippen LogP contribution in [0.1, 0.15) is 51.4 Å². The molecule has 3 heterocycles. The molecule has 3 aromatic rings. The van der Waals surface area contributed by atoms with Crippen molar-refractivity contribution in [3.05, 3.63) is 77.1 Å². The number of benzene rings is 2. The number of aromatic nitrogens is 2. The minimum atomic E-state index is -0.162. The molecule has 2 aromatic carbocycles.